The van der Waals surface area contributed by atoms with E-state index in [0.29, 0.717) is 18.0 Å². The molecule has 0 bridgehead atoms. The summed E-state index contributed by atoms with van der Waals surface area (Å²) in [6, 6.07) is 12.9. The van der Waals surface area contributed by atoms with E-state index < -0.39 is 10.0 Å². The number of likely N-dealkylation sites (N-methyl/N-ethyl adjacent to an activating group) is 1. The lowest BCUT2D eigenvalue weighted by Gasteiger charge is -2.32. The number of benzene rings is 2. The molecule has 0 aliphatic carbocycles. The molecule has 0 aromatic heterocycles. The van der Waals surface area contributed by atoms with Gasteiger partial charge in [0.25, 0.3) is 10.0 Å². The van der Waals surface area contributed by atoms with Gasteiger partial charge >= 0.3 is 0 Å². The molecule has 186 valence electrons. The van der Waals surface area contributed by atoms with Crippen LogP contribution in [0.1, 0.15) is 6.42 Å². The van der Waals surface area contributed by atoms with Gasteiger partial charge in [-0.25, -0.2) is 8.42 Å². The maximum Gasteiger partial charge on any atom is 0.264 e. The van der Waals surface area contributed by atoms with Crippen LogP contribution in [0, 0.1) is 0 Å². The molecule has 1 N–H and O–H groups in total. The number of ether oxygens (including phenoxy) is 2. The molecular formula is C24H34N4O5S. The fourth-order valence-electron chi connectivity index (χ4n) is 3.80. The smallest absolute Gasteiger partial charge is 0.264 e. The monoisotopic (exact) mass is 490 g/mol. The SMILES string of the molecule is COc1ccc(N(CC(=O)NCCCN2CCN(C)CC2)S(=O)(=O)c2ccccc2)c(OC)c1. The average Bonchev–Trinajstić information content (AvgIpc) is 2.86. The van der Waals surface area contributed by atoms with E-state index in [1.165, 1.54) is 26.4 Å². The highest BCUT2D eigenvalue weighted by Gasteiger charge is 2.29. The Labute approximate surface area is 202 Å². The van der Waals surface area contributed by atoms with Crippen LogP contribution in [0.15, 0.2) is 53.4 Å². The number of piperazine rings is 1. The van der Waals surface area contributed by atoms with Gasteiger partial charge in [0.05, 0.1) is 24.8 Å². The number of carbonyl (C=O) groups is 1. The minimum Gasteiger partial charge on any atom is -0.497 e. The van der Waals surface area contributed by atoms with Crippen molar-refractivity contribution in [3.05, 3.63) is 48.5 Å². The zero-order valence-corrected chi connectivity index (χ0v) is 20.9. The summed E-state index contributed by atoms with van der Waals surface area (Å²) in [7, 11) is 1.07. The normalized spacial score (nSPS) is 15.0. The summed E-state index contributed by atoms with van der Waals surface area (Å²) in [5.74, 6) is 0.434. The number of nitrogens with zero attached hydrogens (tertiary/aromatic N) is 3. The van der Waals surface area contributed by atoms with Crippen molar-refractivity contribution in [3.8, 4) is 11.5 Å². The Morgan fingerprint density at radius 3 is 2.38 bits per heavy atom. The molecule has 1 aliphatic heterocycles. The van der Waals surface area contributed by atoms with Crippen LogP contribution in [0.4, 0.5) is 5.69 Å². The van der Waals surface area contributed by atoms with Crippen LogP contribution in [0.3, 0.4) is 0 Å². The first-order chi connectivity index (χ1) is 16.3. The number of nitrogens with one attached hydrogen (secondary N) is 1. The molecule has 0 saturated carbocycles. The Bertz CT molecular complexity index is 1040. The maximum absolute atomic E-state index is 13.5. The molecule has 9 nitrogen and oxygen atoms in total. The molecule has 34 heavy (non-hydrogen) atoms. The largest absolute Gasteiger partial charge is 0.497 e. The van der Waals surface area contributed by atoms with Crippen molar-refractivity contribution in [2.75, 3.05) is 71.4 Å². The van der Waals surface area contributed by atoms with E-state index in [9.17, 15) is 13.2 Å². The zero-order chi connectivity index (χ0) is 24.6. The van der Waals surface area contributed by atoms with Gasteiger partial charge in [-0.2, -0.15) is 0 Å². The Balaban J connectivity index is 1.72. The summed E-state index contributed by atoms with van der Waals surface area (Å²) in [6.07, 6.45) is 0.798. The van der Waals surface area contributed by atoms with E-state index in [1.54, 1.807) is 36.4 Å². The van der Waals surface area contributed by atoms with Crippen molar-refractivity contribution in [2.24, 2.45) is 0 Å². The third-order valence-electron chi connectivity index (χ3n) is 5.84. The highest BCUT2D eigenvalue weighted by Crippen LogP contribution is 2.35. The summed E-state index contributed by atoms with van der Waals surface area (Å²) in [5, 5.41) is 2.87. The number of rotatable bonds is 11. The fourth-order valence-corrected chi connectivity index (χ4v) is 5.25. The van der Waals surface area contributed by atoms with Crippen molar-refractivity contribution in [1.29, 1.82) is 0 Å². The minimum atomic E-state index is -4.02. The molecule has 1 saturated heterocycles. The zero-order valence-electron chi connectivity index (χ0n) is 20.1. The number of hydrogen-bond donors (Lipinski definition) is 1. The van der Waals surface area contributed by atoms with E-state index in [4.69, 9.17) is 9.47 Å². The molecular weight excluding hydrogens is 456 g/mol. The van der Waals surface area contributed by atoms with Crippen molar-refractivity contribution in [1.82, 2.24) is 15.1 Å². The second-order valence-corrected chi connectivity index (χ2v) is 10.1. The van der Waals surface area contributed by atoms with E-state index in [1.807, 2.05) is 0 Å². The number of anilines is 1. The molecule has 0 spiro atoms. The van der Waals surface area contributed by atoms with Crippen LogP contribution >= 0.6 is 0 Å². The third kappa shape index (κ3) is 6.62. The predicted octanol–water partition coefficient (Wildman–Crippen LogP) is 1.65. The minimum absolute atomic E-state index is 0.0933. The van der Waals surface area contributed by atoms with Gasteiger partial charge < -0.3 is 24.6 Å². The van der Waals surface area contributed by atoms with Gasteiger partial charge in [-0.1, -0.05) is 18.2 Å². The van der Waals surface area contributed by atoms with Crippen molar-refractivity contribution in [2.45, 2.75) is 11.3 Å². The highest BCUT2D eigenvalue weighted by atomic mass is 32.2. The summed E-state index contributed by atoms with van der Waals surface area (Å²) in [4.78, 5) is 17.6. The van der Waals surface area contributed by atoms with Crippen LogP contribution in [0.5, 0.6) is 11.5 Å². The second-order valence-electron chi connectivity index (χ2n) is 8.21. The van der Waals surface area contributed by atoms with E-state index in [0.717, 1.165) is 43.4 Å². The van der Waals surface area contributed by atoms with Crippen LogP contribution in [-0.2, 0) is 14.8 Å². The third-order valence-corrected chi connectivity index (χ3v) is 7.62. The van der Waals surface area contributed by atoms with E-state index in [2.05, 4.69) is 22.2 Å². The molecule has 1 amide bonds. The summed E-state index contributed by atoms with van der Waals surface area (Å²) in [6.45, 7) is 5.13. The molecule has 0 radical (unpaired) electrons. The Hall–Kier alpha value is -2.82. The number of amides is 1. The molecule has 0 unspecified atom stereocenters. The molecule has 2 aromatic carbocycles. The van der Waals surface area contributed by atoms with E-state index >= 15 is 0 Å². The van der Waals surface area contributed by atoms with Crippen LogP contribution < -0.4 is 19.1 Å². The molecule has 10 heteroatoms. The number of sulfonamides is 1. The van der Waals surface area contributed by atoms with E-state index in [-0.39, 0.29) is 23.0 Å². The van der Waals surface area contributed by atoms with Gasteiger partial charge in [0.2, 0.25) is 5.91 Å². The van der Waals surface area contributed by atoms with Crippen molar-refractivity contribution < 1.29 is 22.7 Å². The van der Waals surface area contributed by atoms with Crippen LogP contribution in [-0.4, -0.2) is 91.2 Å². The standard InChI is InChI=1S/C24H34N4O5S/c1-26-14-16-27(17-15-26)13-7-12-25-24(29)19-28(34(30,31)21-8-5-4-6-9-21)22-11-10-20(32-2)18-23(22)33-3/h4-6,8-11,18H,7,12-17,19H2,1-3H3,(H,25,29). The Kier molecular flexibility index (Phi) is 9.14. The van der Waals surface area contributed by atoms with Crippen LogP contribution in [0.25, 0.3) is 0 Å². The lowest BCUT2D eigenvalue weighted by molar-refractivity contribution is -0.119. The Morgan fingerprint density at radius 2 is 1.74 bits per heavy atom. The molecule has 1 heterocycles. The molecule has 2 aromatic rings. The first kappa shape index (κ1) is 25.8. The van der Waals surface area contributed by atoms with Gasteiger partial charge in [-0.3, -0.25) is 9.10 Å². The van der Waals surface area contributed by atoms with Gasteiger partial charge in [-0.05, 0) is 44.3 Å². The first-order valence-electron chi connectivity index (χ1n) is 11.3. The molecule has 0 atom stereocenters. The second kappa shape index (κ2) is 12.0. The fraction of sp³-hybridized carbons (Fsp3) is 0.458. The van der Waals surface area contributed by atoms with Crippen molar-refractivity contribution in [3.63, 3.8) is 0 Å². The lowest BCUT2D eigenvalue weighted by Crippen LogP contribution is -2.45. The topological polar surface area (TPSA) is 91.4 Å². The quantitative estimate of drug-likeness (QED) is 0.479. The maximum atomic E-state index is 13.5. The summed E-state index contributed by atoms with van der Waals surface area (Å²) >= 11 is 0. The van der Waals surface area contributed by atoms with Crippen molar-refractivity contribution >= 4 is 21.6 Å². The predicted molar refractivity (Wildman–Crippen MR) is 132 cm³/mol. The molecule has 1 fully saturated rings. The average molecular weight is 491 g/mol. The number of hydrogen-bond acceptors (Lipinski definition) is 7. The van der Waals surface area contributed by atoms with Gasteiger partial charge in [-0.15, -0.1) is 0 Å². The molecule has 3 rings (SSSR count). The number of methoxy groups -OCH3 is 2. The summed E-state index contributed by atoms with van der Waals surface area (Å²) < 4.78 is 38.7. The Morgan fingerprint density at radius 1 is 1.03 bits per heavy atom. The summed E-state index contributed by atoms with van der Waals surface area (Å²) in [5.41, 5.74) is 0.264. The van der Waals surface area contributed by atoms with Crippen LogP contribution in [0.2, 0.25) is 0 Å². The first-order valence-corrected chi connectivity index (χ1v) is 12.8. The highest BCUT2D eigenvalue weighted by molar-refractivity contribution is 7.92. The number of carbonyl (C=O) groups excluding carboxylic acids is 1. The lowest BCUT2D eigenvalue weighted by atomic mass is 10.2. The van der Waals surface area contributed by atoms with Gasteiger partial charge in [0, 0.05) is 38.8 Å². The van der Waals surface area contributed by atoms with Gasteiger partial charge in [0.1, 0.15) is 18.0 Å². The van der Waals surface area contributed by atoms with Gasteiger partial charge in [0.15, 0.2) is 0 Å². The molecule has 1 aliphatic rings.